The van der Waals surface area contributed by atoms with Crippen LogP contribution in [0.2, 0.25) is 0 Å². The Morgan fingerprint density at radius 3 is 2.61 bits per heavy atom. The van der Waals surface area contributed by atoms with Gasteiger partial charge < -0.3 is 19.1 Å². The fourth-order valence-corrected chi connectivity index (χ4v) is 5.07. The highest BCUT2D eigenvalue weighted by Gasteiger charge is 2.47. The number of ether oxygens (including phenoxy) is 2. The van der Waals surface area contributed by atoms with Crippen molar-refractivity contribution in [2.75, 3.05) is 12.7 Å². The number of rotatable bonds is 10. The minimum Gasteiger partial charge on any atom is -0.463 e. The van der Waals surface area contributed by atoms with Crippen LogP contribution in [0.5, 0.6) is 5.75 Å². The zero-order valence-corrected chi connectivity index (χ0v) is 21.0. The molecule has 3 rings (SSSR count). The monoisotopic (exact) mass is 530 g/mol. The highest BCUT2D eigenvalue weighted by Crippen LogP contribution is 2.50. The van der Waals surface area contributed by atoms with Gasteiger partial charge in [-0.25, -0.2) is 13.8 Å². The second-order valence-corrected chi connectivity index (χ2v) is 10.6. The number of hydrogen-bond acceptors (Lipinski definition) is 9. The number of nitrogens with one attached hydrogen (secondary N) is 1. The summed E-state index contributed by atoms with van der Waals surface area (Å²) in [7, 11) is -4.54. The molecule has 0 saturated carbocycles. The van der Waals surface area contributed by atoms with Crippen LogP contribution in [0.3, 0.4) is 0 Å². The van der Waals surface area contributed by atoms with Crippen LogP contribution < -0.4 is 15.8 Å². The molecule has 2 aromatic rings. The number of aromatic nitrogens is 2. The van der Waals surface area contributed by atoms with Gasteiger partial charge in [-0.15, -0.1) is 0 Å². The number of alkyl halides is 1. The fraction of sp³-hybridized carbons (Fsp3) is 0.522. The van der Waals surface area contributed by atoms with E-state index < -0.39 is 74.2 Å². The summed E-state index contributed by atoms with van der Waals surface area (Å²) in [5.41, 5.74) is -1.71. The summed E-state index contributed by atoms with van der Waals surface area (Å²) in [4.78, 5) is 38.2. The molecule has 6 atom stereocenters. The van der Waals surface area contributed by atoms with E-state index in [1.165, 1.54) is 26.0 Å². The minimum atomic E-state index is -4.54. The molecule has 2 N–H and O–H groups in total. The predicted molar refractivity (Wildman–Crippen MR) is 127 cm³/mol. The molecule has 2 unspecified atom stereocenters. The summed E-state index contributed by atoms with van der Waals surface area (Å²) in [6.45, 7) is 2.86. The number of aliphatic hydroxyl groups is 1. The molecule has 2 heterocycles. The Labute approximate surface area is 209 Å². The van der Waals surface area contributed by atoms with E-state index in [1.807, 2.05) is 4.98 Å². The van der Waals surface area contributed by atoms with Crippen LogP contribution in [0.1, 0.15) is 35.3 Å². The minimum absolute atomic E-state index is 0.0421. The molecule has 0 aliphatic carbocycles. The van der Waals surface area contributed by atoms with Gasteiger partial charge in [0, 0.05) is 11.8 Å². The third-order valence-corrected chi connectivity index (χ3v) is 7.03. The summed E-state index contributed by atoms with van der Waals surface area (Å²) in [5.74, 6) is -1.74. The van der Waals surface area contributed by atoms with Crippen molar-refractivity contribution in [3.63, 3.8) is 0 Å². The van der Waals surface area contributed by atoms with Gasteiger partial charge in [-0.05, 0) is 32.9 Å². The number of esters is 1. The zero-order chi connectivity index (χ0) is 28.4. The van der Waals surface area contributed by atoms with Crippen molar-refractivity contribution in [2.45, 2.75) is 58.4 Å². The fourth-order valence-electron chi connectivity index (χ4n) is 3.36. The van der Waals surface area contributed by atoms with Crippen molar-refractivity contribution in [1.82, 2.24) is 9.55 Å². The van der Waals surface area contributed by atoms with Crippen LogP contribution in [-0.4, -0.2) is 57.8 Å². The van der Waals surface area contributed by atoms with Gasteiger partial charge in [0.15, 0.2) is 12.4 Å². The normalized spacial score (nSPS) is 25.5. The maximum absolute atomic E-state index is 15.1. The first-order valence-electron chi connectivity index (χ1n) is 12.2. The maximum Gasteiger partial charge on any atom is 0.380 e. The molecule has 13 heteroatoms. The van der Waals surface area contributed by atoms with Gasteiger partial charge in [0.1, 0.15) is 18.0 Å². The van der Waals surface area contributed by atoms with E-state index in [0.29, 0.717) is 4.57 Å². The van der Waals surface area contributed by atoms with Crippen molar-refractivity contribution in [2.24, 2.45) is 5.92 Å². The van der Waals surface area contributed by atoms with Crippen molar-refractivity contribution in [3.8, 4) is 5.75 Å². The Morgan fingerprint density at radius 2 is 1.97 bits per heavy atom. The van der Waals surface area contributed by atoms with Crippen LogP contribution in [-0.2, 0) is 23.4 Å². The number of H-pyrrole nitrogens is 1. The third kappa shape index (κ3) is 6.70. The summed E-state index contributed by atoms with van der Waals surface area (Å²) in [6.07, 6.45) is -8.46. The van der Waals surface area contributed by atoms with Crippen molar-refractivity contribution >= 4 is 13.6 Å². The molecule has 198 valence electrons. The Kier molecular flexibility index (Phi) is 7.96. The molecular formula is C23H30FN2O9P. The second-order valence-electron chi connectivity index (χ2n) is 8.65. The molecule has 1 aliphatic heterocycles. The lowest BCUT2D eigenvalue weighted by molar-refractivity contribution is -0.151. The first-order valence-corrected chi connectivity index (χ1v) is 12.9. The number of halogens is 1. The van der Waals surface area contributed by atoms with Crippen molar-refractivity contribution in [3.05, 3.63) is 62.9 Å². The topological polar surface area (TPSA) is 146 Å². The molecular weight excluding hydrogens is 498 g/mol. The average Bonchev–Trinajstić information content (AvgIpc) is 3.11. The van der Waals surface area contributed by atoms with Gasteiger partial charge in [-0.1, -0.05) is 25.1 Å². The molecule has 1 aliphatic rings. The van der Waals surface area contributed by atoms with E-state index in [2.05, 4.69) is 0 Å². The first-order chi connectivity index (χ1) is 17.6. The number of aromatic amines is 1. The number of carbonyl (C=O) groups excluding carboxylic acids is 1. The van der Waals surface area contributed by atoms with Crippen molar-refractivity contribution in [1.29, 1.82) is 0 Å². The average molecular weight is 530 g/mol. The highest BCUT2D eigenvalue weighted by atomic mass is 31.2. The summed E-state index contributed by atoms with van der Waals surface area (Å²) in [5, 5.41) is 10.5. The van der Waals surface area contributed by atoms with Crippen LogP contribution in [0.15, 0.2) is 46.1 Å². The summed E-state index contributed by atoms with van der Waals surface area (Å²) < 4.78 is 67.6. The van der Waals surface area contributed by atoms with Gasteiger partial charge in [-0.3, -0.25) is 23.7 Å². The molecule has 0 radical (unpaired) electrons. The van der Waals surface area contributed by atoms with Crippen LogP contribution in [0.4, 0.5) is 4.39 Å². The third-order valence-electron chi connectivity index (χ3n) is 5.16. The lowest BCUT2D eigenvalue weighted by Gasteiger charge is -2.24. The van der Waals surface area contributed by atoms with Crippen molar-refractivity contribution < 1.29 is 40.1 Å². The van der Waals surface area contributed by atoms with E-state index in [9.17, 15) is 24.1 Å². The van der Waals surface area contributed by atoms with Crippen LogP contribution in [0.25, 0.3) is 0 Å². The van der Waals surface area contributed by atoms with Gasteiger partial charge in [0.2, 0.25) is 0 Å². The number of benzene rings is 1. The Bertz CT molecular complexity index is 1300. The molecule has 0 spiro atoms. The molecule has 11 nitrogen and oxygen atoms in total. The number of carbonyl (C=O) groups is 1. The quantitative estimate of drug-likeness (QED) is 0.349. The Balaban J connectivity index is 1.90. The van der Waals surface area contributed by atoms with E-state index >= 15 is 4.39 Å². The number of nitrogens with zero attached hydrogens (tertiary/aromatic N) is 1. The molecule has 1 saturated heterocycles. The molecule has 1 fully saturated rings. The standard InChI is InChI=1S/C23H30FN2O9P/c1-13(2)33-22(29)15(4)12-36(31,35-16-8-6-5-7-9-16)32-11-17-19(27)18(24)21(34-17)26-10-14(3)20(28)25-23(26)30/h5-10,13,15,17-19,21,27H,11-12H2,1-4H3,(H,25,28,30)/t15-,17+,18-,19?,21+,36?/m1/s1/i11D2. The van der Waals surface area contributed by atoms with Crippen LogP contribution >= 0.6 is 7.60 Å². The predicted octanol–water partition coefficient (Wildman–Crippen LogP) is 2.32. The number of aliphatic hydroxyl groups excluding tert-OH is 1. The Hall–Kier alpha value is -2.79. The Morgan fingerprint density at radius 1 is 1.31 bits per heavy atom. The van der Waals surface area contributed by atoms with E-state index in [4.69, 9.17) is 21.3 Å². The number of aryl methyl sites for hydroxylation is 1. The van der Waals surface area contributed by atoms with Gasteiger partial charge in [0.25, 0.3) is 5.56 Å². The summed E-state index contributed by atoms with van der Waals surface area (Å²) >= 11 is 0. The largest absolute Gasteiger partial charge is 0.463 e. The number of para-hydroxylation sites is 1. The smallest absolute Gasteiger partial charge is 0.380 e. The lowest BCUT2D eigenvalue weighted by Crippen LogP contribution is -2.36. The second kappa shape index (κ2) is 11.5. The molecule has 0 bridgehead atoms. The summed E-state index contributed by atoms with van der Waals surface area (Å²) in [6, 6.07) is 7.66. The SMILES string of the molecule is [2H]C([2H])(OP(=O)(C[C@@H](C)C(=O)OC(C)C)Oc1ccccc1)[C@@H]1O[C@H](n2cc(C)c(=O)[nH]c2=O)[C@H](F)C1O. The maximum atomic E-state index is 15.1. The lowest BCUT2D eigenvalue weighted by atomic mass is 10.1. The highest BCUT2D eigenvalue weighted by molar-refractivity contribution is 7.54. The van der Waals surface area contributed by atoms with Gasteiger partial charge in [-0.2, -0.15) is 0 Å². The molecule has 0 amide bonds. The van der Waals surface area contributed by atoms with Crippen LogP contribution in [0, 0.1) is 12.8 Å². The van der Waals surface area contributed by atoms with Gasteiger partial charge >= 0.3 is 19.3 Å². The van der Waals surface area contributed by atoms with E-state index in [1.54, 1.807) is 32.0 Å². The zero-order valence-electron chi connectivity index (χ0n) is 22.1. The number of hydrogen-bond donors (Lipinski definition) is 2. The molecule has 1 aromatic carbocycles. The van der Waals surface area contributed by atoms with E-state index in [-0.39, 0.29) is 11.3 Å². The first kappa shape index (κ1) is 24.9. The molecule has 1 aromatic heterocycles. The molecule has 36 heavy (non-hydrogen) atoms. The van der Waals surface area contributed by atoms with Gasteiger partial charge in [0.05, 0.1) is 27.5 Å². The van der Waals surface area contributed by atoms with E-state index in [0.717, 1.165) is 6.20 Å².